The van der Waals surface area contributed by atoms with Crippen molar-refractivity contribution >= 4 is 23.4 Å². The molecule has 0 amide bonds. The number of pyridine rings is 1. The van der Waals surface area contributed by atoms with Crippen molar-refractivity contribution in [2.45, 2.75) is 11.9 Å². The van der Waals surface area contributed by atoms with Gasteiger partial charge in [-0.05, 0) is 31.4 Å². The van der Waals surface area contributed by atoms with E-state index in [4.69, 9.17) is 11.6 Å². The highest BCUT2D eigenvalue weighted by molar-refractivity contribution is 7.98. The number of aryl methyl sites for hydroxylation is 1. The highest BCUT2D eigenvalue weighted by Crippen LogP contribution is 2.21. The van der Waals surface area contributed by atoms with E-state index in [1.165, 1.54) is 0 Å². The van der Waals surface area contributed by atoms with E-state index in [1.54, 1.807) is 28.7 Å². The number of rotatable bonds is 2. The number of nitrogens with zero attached hydrogens (tertiary/aromatic N) is 3. The van der Waals surface area contributed by atoms with Gasteiger partial charge in [0.15, 0.2) is 5.82 Å². The molecule has 15 heavy (non-hydrogen) atoms. The van der Waals surface area contributed by atoms with Crippen LogP contribution >= 0.6 is 23.4 Å². The number of thioether (sulfide) groups is 1. The Morgan fingerprint density at radius 1 is 1.47 bits per heavy atom. The molecule has 0 aliphatic rings. The molecule has 2 aromatic heterocycles. The van der Waals surface area contributed by atoms with Crippen molar-refractivity contribution in [3.8, 4) is 5.82 Å². The maximum Gasteiger partial charge on any atom is 0.172 e. The lowest BCUT2D eigenvalue weighted by atomic mass is 10.4. The van der Waals surface area contributed by atoms with Gasteiger partial charge in [0.05, 0.1) is 5.02 Å². The van der Waals surface area contributed by atoms with Crippen molar-refractivity contribution in [1.82, 2.24) is 14.8 Å². The molecule has 0 unspecified atom stereocenters. The normalized spacial score (nSPS) is 10.6. The molecule has 0 saturated heterocycles. The molecule has 0 fully saturated rings. The first-order valence-electron chi connectivity index (χ1n) is 4.44. The molecule has 5 heteroatoms. The summed E-state index contributed by atoms with van der Waals surface area (Å²) in [5, 5.41) is 5.97. The summed E-state index contributed by atoms with van der Waals surface area (Å²) >= 11 is 7.65. The van der Waals surface area contributed by atoms with Crippen molar-refractivity contribution in [2.24, 2.45) is 0 Å². The van der Waals surface area contributed by atoms with E-state index in [1.807, 2.05) is 25.3 Å². The maximum absolute atomic E-state index is 6.05. The molecule has 0 spiro atoms. The average Bonchev–Trinajstić information content (AvgIpc) is 2.60. The van der Waals surface area contributed by atoms with E-state index in [2.05, 4.69) is 10.1 Å². The Morgan fingerprint density at radius 2 is 2.27 bits per heavy atom. The molecule has 2 aromatic rings. The van der Waals surface area contributed by atoms with E-state index in [0.717, 1.165) is 10.7 Å². The summed E-state index contributed by atoms with van der Waals surface area (Å²) in [6.45, 7) is 1.98. The summed E-state index contributed by atoms with van der Waals surface area (Å²) in [7, 11) is 0. The molecular weight excluding hydrogens is 230 g/mol. The van der Waals surface area contributed by atoms with Gasteiger partial charge in [0.25, 0.3) is 0 Å². The molecule has 78 valence electrons. The Labute approximate surface area is 97.5 Å². The van der Waals surface area contributed by atoms with Gasteiger partial charge in [-0.1, -0.05) is 11.6 Å². The summed E-state index contributed by atoms with van der Waals surface area (Å²) in [6.07, 6.45) is 3.70. The second-order valence-corrected chi connectivity index (χ2v) is 4.28. The molecule has 2 rings (SSSR count). The van der Waals surface area contributed by atoms with Crippen LogP contribution in [0.5, 0.6) is 0 Å². The molecule has 0 bridgehead atoms. The van der Waals surface area contributed by atoms with Gasteiger partial charge in [-0.2, -0.15) is 5.10 Å². The van der Waals surface area contributed by atoms with Crippen molar-refractivity contribution < 1.29 is 0 Å². The van der Waals surface area contributed by atoms with Gasteiger partial charge in [-0.3, -0.25) is 0 Å². The Morgan fingerprint density at radius 3 is 2.87 bits per heavy atom. The Balaban J connectivity index is 2.54. The van der Waals surface area contributed by atoms with Crippen LogP contribution in [0.25, 0.3) is 5.82 Å². The summed E-state index contributed by atoms with van der Waals surface area (Å²) in [5.74, 6) is 0.678. The van der Waals surface area contributed by atoms with Crippen LogP contribution in [0.2, 0.25) is 5.02 Å². The number of halogens is 1. The quantitative estimate of drug-likeness (QED) is 0.755. The van der Waals surface area contributed by atoms with Crippen molar-refractivity contribution in [1.29, 1.82) is 0 Å². The molecule has 0 atom stereocenters. The van der Waals surface area contributed by atoms with Gasteiger partial charge in [0, 0.05) is 11.9 Å². The first-order valence-corrected chi connectivity index (χ1v) is 6.04. The van der Waals surface area contributed by atoms with Crippen LogP contribution in [0.15, 0.2) is 29.4 Å². The van der Waals surface area contributed by atoms with Crippen LogP contribution in [0.1, 0.15) is 5.69 Å². The number of aromatic nitrogens is 3. The molecular formula is C10H10ClN3S. The van der Waals surface area contributed by atoms with Crippen LogP contribution in [-0.2, 0) is 0 Å². The van der Waals surface area contributed by atoms with Gasteiger partial charge in [-0.15, -0.1) is 11.8 Å². The molecule has 0 aliphatic carbocycles. The summed E-state index contributed by atoms with van der Waals surface area (Å²) < 4.78 is 1.76. The fraction of sp³-hybridized carbons (Fsp3) is 0.200. The SMILES string of the molecule is CSc1cc(C)n(-c2ncccc2Cl)n1. The molecule has 0 aliphatic heterocycles. The zero-order valence-corrected chi connectivity index (χ0v) is 10.0. The van der Waals surface area contributed by atoms with Gasteiger partial charge in [-0.25, -0.2) is 9.67 Å². The third kappa shape index (κ3) is 2.01. The molecule has 0 aromatic carbocycles. The average molecular weight is 240 g/mol. The third-order valence-electron chi connectivity index (χ3n) is 2.01. The predicted octanol–water partition coefficient (Wildman–Crippen LogP) is 2.95. The van der Waals surface area contributed by atoms with Gasteiger partial charge >= 0.3 is 0 Å². The third-order valence-corrected chi connectivity index (χ3v) is 2.93. The Hall–Kier alpha value is -1.00. The van der Waals surface area contributed by atoms with E-state index in [-0.39, 0.29) is 0 Å². The second kappa shape index (κ2) is 4.24. The monoisotopic (exact) mass is 239 g/mol. The topological polar surface area (TPSA) is 30.7 Å². The standard InChI is InChI=1S/C10H10ClN3S/c1-7-6-9(15-2)13-14(7)10-8(11)4-3-5-12-10/h3-6H,1-2H3. The molecule has 2 heterocycles. The second-order valence-electron chi connectivity index (χ2n) is 3.05. The van der Waals surface area contributed by atoms with E-state index in [0.29, 0.717) is 10.8 Å². The lowest BCUT2D eigenvalue weighted by Crippen LogP contribution is -2.02. The van der Waals surface area contributed by atoms with Gasteiger partial charge < -0.3 is 0 Å². The number of hydrogen-bond acceptors (Lipinski definition) is 3. The highest BCUT2D eigenvalue weighted by Gasteiger charge is 2.09. The van der Waals surface area contributed by atoms with Gasteiger partial charge in [0.2, 0.25) is 0 Å². The summed E-state index contributed by atoms with van der Waals surface area (Å²) in [4.78, 5) is 4.22. The van der Waals surface area contributed by atoms with Crippen LogP contribution in [0.4, 0.5) is 0 Å². The number of hydrogen-bond donors (Lipinski definition) is 0. The zero-order chi connectivity index (χ0) is 10.8. The Kier molecular flexibility index (Phi) is 2.98. The zero-order valence-electron chi connectivity index (χ0n) is 8.44. The minimum Gasteiger partial charge on any atom is -0.236 e. The minimum absolute atomic E-state index is 0.608. The fourth-order valence-corrected chi connectivity index (χ4v) is 1.95. The van der Waals surface area contributed by atoms with E-state index < -0.39 is 0 Å². The maximum atomic E-state index is 6.05. The lowest BCUT2D eigenvalue weighted by Gasteiger charge is -2.04. The Bertz CT molecular complexity index is 481. The van der Waals surface area contributed by atoms with Crippen LogP contribution < -0.4 is 0 Å². The first-order chi connectivity index (χ1) is 7.22. The van der Waals surface area contributed by atoms with Crippen LogP contribution in [-0.4, -0.2) is 21.0 Å². The predicted molar refractivity (Wildman–Crippen MR) is 62.9 cm³/mol. The van der Waals surface area contributed by atoms with Crippen molar-refractivity contribution in [2.75, 3.05) is 6.26 Å². The minimum atomic E-state index is 0.608. The van der Waals surface area contributed by atoms with E-state index >= 15 is 0 Å². The fourth-order valence-electron chi connectivity index (χ4n) is 1.29. The molecule has 0 saturated carbocycles. The smallest absolute Gasteiger partial charge is 0.172 e. The van der Waals surface area contributed by atoms with Crippen molar-refractivity contribution in [3.05, 3.63) is 35.1 Å². The largest absolute Gasteiger partial charge is 0.236 e. The lowest BCUT2D eigenvalue weighted by molar-refractivity contribution is 0.789. The summed E-state index contributed by atoms with van der Waals surface area (Å²) in [6, 6.07) is 5.62. The van der Waals surface area contributed by atoms with Crippen molar-refractivity contribution in [3.63, 3.8) is 0 Å². The van der Waals surface area contributed by atoms with Crippen LogP contribution in [0.3, 0.4) is 0 Å². The highest BCUT2D eigenvalue weighted by atomic mass is 35.5. The molecule has 0 radical (unpaired) electrons. The molecule has 3 nitrogen and oxygen atoms in total. The summed E-state index contributed by atoms with van der Waals surface area (Å²) in [5.41, 5.74) is 1.03. The molecule has 0 N–H and O–H groups in total. The van der Waals surface area contributed by atoms with E-state index in [9.17, 15) is 0 Å². The first kappa shape index (κ1) is 10.5. The van der Waals surface area contributed by atoms with Crippen LogP contribution in [0, 0.1) is 6.92 Å². The van der Waals surface area contributed by atoms with Gasteiger partial charge in [0.1, 0.15) is 5.03 Å².